The number of halogens is 3. The number of hydrogen-bond acceptors (Lipinski definition) is 4. The van der Waals surface area contributed by atoms with Crippen LogP contribution in [-0.4, -0.2) is 16.9 Å². The van der Waals surface area contributed by atoms with Crippen LogP contribution in [0.25, 0.3) is 0 Å². The molecule has 2 aromatic rings. The average molecular weight is 362 g/mol. The van der Waals surface area contributed by atoms with Gasteiger partial charge in [-0.15, -0.1) is 0 Å². The third kappa shape index (κ3) is 3.83. The summed E-state index contributed by atoms with van der Waals surface area (Å²) >= 11 is 0. The summed E-state index contributed by atoms with van der Waals surface area (Å²) < 4.78 is 38.2. The van der Waals surface area contributed by atoms with E-state index in [1.165, 1.54) is 12.1 Å². The fourth-order valence-electron chi connectivity index (χ4n) is 2.87. The van der Waals surface area contributed by atoms with Crippen molar-refractivity contribution in [2.24, 2.45) is 10.7 Å². The molecule has 0 amide bonds. The van der Waals surface area contributed by atoms with Gasteiger partial charge in [0.05, 0.1) is 5.56 Å². The van der Waals surface area contributed by atoms with Crippen molar-refractivity contribution in [2.75, 3.05) is 5.32 Å². The second kappa shape index (κ2) is 6.99. The third-order valence-electron chi connectivity index (χ3n) is 4.32. The molecule has 3 rings (SSSR count). The molecule has 138 valence electrons. The highest BCUT2D eigenvalue weighted by molar-refractivity contribution is 5.96. The maximum atomic E-state index is 12.7. The summed E-state index contributed by atoms with van der Waals surface area (Å²) in [7, 11) is 0. The van der Waals surface area contributed by atoms with Gasteiger partial charge in [-0.1, -0.05) is 30.3 Å². The Hall–Kier alpha value is -2.54. The van der Waals surface area contributed by atoms with Gasteiger partial charge in [0.1, 0.15) is 6.17 Å². The molecule has 4 nitrogen and oxygen atoms in total. The minimum absolute atomic E-state index is 0.0843. The largest absolute Gasteiger partial charge is 0.416 e. The van der Waals surface area contributed by atoms with Crippen LogP contribution in [0.1, 0.15) is 36.7 Å². The molecule has 1 unspecified atom stereocenters. The van der Waals surface area contributed by atoms with E-state index >= 15 is 0 Å². The number of nitrogens with one attached hydrogen (secondary N) is 1. The van der Waals surface area contributed by atoms with Crippen LogP contribution < -0.4 is 11.1 Å². The van der Waals surface area contributed by atoms with E-state index < -0.39 is 17.9 Å². The zero-order valence-corrected chi connectivity index (χ0v) is 14.6. The first-order valence-electron chi connectivity index (χ1n) is 8.38. The molecule has 0 aromatic heterocycles. The number of guanidine groups is 1. The number of aliphatic imine (C=N–C) groups is 1. The quantitative estimate of drug-likeness (QED) is 0.853. The molecule has 3 N–H and O–H groups in total. The Labute approximate surface area is 150 Å². The number of rotatable bonds is 3. The molecule has 7 heteroatoms. The number of para-hydroxylation sites is 1. The highest BCUT2D eigenvalue weighted by Gasteiger charge is 2.30. The van der Waals surface area contributed by atoms with Crippen LogP contribution in [-0.2, 0) is 12.7 Å². The van der Waals surface area contributed by atoms with Crippen LogP contribution in [0.15, 0.2) is 53.5 Å². The highest BCUT2D eigenvalue weighted by Crippen LogP contribution is 2.30. The predicted molar refractivity (Wildman–Crippen MR) is 96.6 cm³/mol. The first kappa shape index (κ1) is 18.3. The summed E-state index contributed by atoms with van der Waals surface area (Å²) in [6.07, 6.45) is -4.81. The van der Waals surface area contributed by atoms with Crippen molar-refractivity contribution in [2.45, 2.75) is 38.8 Å². The van der Waals surface area contributed by atoms with Crippen molar-refractivity contribution in [1.29, 1.82) is 0 Å². The average Bonchev–Trinajstić information content (AvgIpc) is 2.59. The number of fused-ring (bicyclic) bond motifs is 1. The fourth-order valence-corrected chi connectivity index (χ4v) is 2.87. The molecule has 0 radical (unpaired) electrons. The maximum Gasteiger partial charge on any atom is 0.416 e. The SMILES string of the molecule is CC(C)N(Cc1ccc(C(F)(F)F)cc1)C1=NC(N)c2ccccc2N1. The Morgan fingerprint density at radius 2 is 1.77 bits per heavy atom. The molecular formula is C19H21F3N4. The van der Waals surface area contributed by atoms with Gasteiger partial charge in [-0.05, 0) is 37.6 Å². The van der Waals surface area contributed by atoms with Crippen LogP contribution >= 0.6 is 0 Å². The Bertz CT molecular complexity index is 797. The summed E-state index contributed by atoms with van der Waals surface area (Å²) in [5.41, 5.74) is 8.08. The summed E-state index contributed by atoms with van der Waals surface area (Å²) in [6.45, 7) is 4.43. The molecule has 1 atom stereocenters. The number of nitrogens with two attached hydrogens (primary N) is 1. The number of anilines is 1. The van der Waals surface area contributed by atoms with Gasteiger partial charge < -0.3 is 16.0 Å². The summed E-state index contributed by atoms with van der Waals surface area (Å²) in [6, 6.07) is 12.9. The molecule has 1 aliphatic rings. The first-order valence-corrected chi connectivity index (χ1v) is 8.38. The lowest BCUT2D eigenvalue weighted by Crippen LogP contribution is -2.43. The smallest absolute Gasteiger partial charge is 0.336 e. The standard InChI is InChI=1S/C19H21F3N4/c1-12(2)26(11-13-7-9-14(10-8-13)19(20,21)22)18-24-16-6-4-3-5-15(16)17(23)25-18/h3-10,12,17H,11,23H2,1-2H3,(H,24,25). The van der Waals surface area contributed by atoms with Crippen LogP contribution in [0.2, 0.25) is 0 Å². The van der Waals surface area contributed by atoms with Crippen LogP contribution in [0, 0.1) is 0 Å². The lowest BCUT2D eigenvalue weighted by atomic mass is 10.1. The van der Waals surface area contributed by atoms with Gasteiger partial charge in [-0.2, -0.15) is 13.2 Å². The maximum absolute atomic E-state index is 12.7. The molecule has 1 aliphatic heterocycles. The first-order chi connectivity index (χ1) is 12.3. The summed E-state index contributed by atoms with van der Waals surface area (Å²) in [4.78, 5) is 6.51. The normalized spacial score (nSPS) is 16.7. The van der Waals surface area contributed by atoms with Crippen LogP contribution in [0.3, 0.4) is 0 Å². The van der Waals surface area contributed by atoms with E-state index in [-0.39, 0.29) is 6.04 Å². The fraction of sp³-hybridized carbons (Fsp3) is 0.316. The zero-order chi connectivity index (χ0) is 18.9. The lowest BCUT2D eigenvalue weighted by molar-refractivity contribution is -0.137. The van der Waals surface area contributed by atoms with Crippen molar-refractivity contribution >= 4 is 11.6 Å². The van der Waals surface area contributed by atoms with Gasteiger partial charge in [0, 0.05) is 23.8 Å². The van der Waals surface area contributed by atoms with E-state index in [9.17, 15) is 13.2 Å². The molecule has 0 bridgehead atoms. The predicted octanol–water partition coefficient (Wildman–Crippen LogP) is 4.35. The minimum Gasteiger partial charge on any atom is -0.336 e. The van der Waals surface area contributed by atoms with Crippen molar-refractivity contribution < 1.29 is 13.2 Å². The second-order valence-electron chi connectivity index (χ2n) is 6.53. The molecule has 1 heterocycles. The van der Waals surface area contributed by atoms with Gasteiger partial charge in [0.25, 0.3) is 0 Å². The summed E-state index contributed by atoms with van der Waals surface area (Å²) in [5.74, 6) is 0.617. The van der Waals surface area contributed by atoms with Crippen LogP contribution in [0.5, 0.6) is 0 Å². The van der Waals surface area contributed by atoms with Gasteiger partial charge in [0.2, 0.25) is 5.96 Å². The molecule has 0 aliphatic carbocycles. The number of alkyl halides is 3. The second-order valence-corrected chi connectivity index (χ2v) is 6.53. The van der Waals surface area contributed by atoms with E-state index in [1.54, 1.807) is 0 Å². The minimum atomic E-state index is -4.33. The van der Waals surface area contributed by atoms with Crippen molar-refractivity contribution in [3.05, 3.63) is 65.2 Å². The van der Waals surface area contributed by atoms with E-state index in [0.29, 0.717) is 12.5 Å². The van der Waals surface area contributed by atoms with Gasteiger partial charge in [0.15, 0.2) is 0 Å². The number of benzene rings is 2. The number of nitrogens with zero attached hydrogens (tertiary/aromatic N) is 2. The Kier molecular flexibility index (Phi) is 4.91. The van der Waals surface area contributed by atoms with Crippen molar-refractivity contribution in [3.8, 4) is 0 Å². The molecule has 0 fully saturated rings. The summed E-state index contributed by atoms with van der Waals surface area (Å²) in [5, 5.41) is 3.28. The van der Waals surface area contributed by atoms with Crippen molar-refractivity contribution in [3.63, 3.8) is 0 Å². The molecule has 0 saturated carbocycles. The van der Waals surface area contributed by atoms with Crippen molar-refractivity contribution in [1.82, 2.24) is 4.90 Å². The van der Waals surface area contributed by atoms with E-state index in [4.69, 9.17) is 5.73 Å². The monoisotopic (exact) mass is 362 g/mol. The van der Waals surface area contributed by atoms with Gasteiger partial charge >= 0.3 is 6.18 Å². The molecule has 0 saturated heterocycles. The van der Waals surface area contributed by atoms with Gasteiger partial charge in [-0.3, -0.25) is 0 Å². The van der Waals surface area contributed by atoms with Gasteiger partial charge in [-0.25, -0.2) is 4.99 Å². The van der Waals surface area contributed by atoms with E-state index in [2.05, 4.69) is 10.3 Å². The Balaban J connectivity index is 1.82. The number of hydrogen-bond donors (Lipinski definition) is 2. The Morgan fingerprint density at radius 1 is 1.12 bits per heavy atom. The van der Waals surface area contributed by atoms with E-state index in [1.807, 2.05) is 43.0 Å². The third-order valence-corrected chi connectivity index (χ3v) is 4.32. The topological polar surface area (TPSA) is 53.6 Å². The van der Waals surface area contributed by atoms with Crippen LogP contribution in [0.4, 0.5) is 18.9 Å². The molecule has 0 spiro atoms. The van der Waals surface area contributed by atoms with E-state index in [0.717, 1.165) is 28.9 Å². The highest BCUT2D eigenvalue weighted by atomic mass is 19.4. The molecular weight excluding hydrogens is 341 g/mol. The lowest BCUT2D eigenvalue weighted by Gasteiger charge is -2.34. The molecule has 26 heavy (non-hydrogen) atoms. The zero-order valence-electron chi connectivity index (χ0n) is 14.6. The molecule has 2 aromatic carbocycles. The Morgan fingerprint density at radius 3 is 2.38 bits per heavy atom.